The van der Waals surface area contributed by atoms with Crippen molar-refractivity contribution in [2.45, 2.75) is 27.0 Å². The molecule has 3 heteroatoms. The quantitative estimate of drug-likeness (QED) is 0.612. The van der Waals surface area contributed by atoms with Crippen LogP contribution in [0.2, 0.25) is 0 Å². The number of anilines is 1. The molecule has 0 unspecified atom stereocenters. The summed E-state index contributed by atoms with van der Waals surface area (Å²) >= 11 is 0. The van der Waals surface area contributed by atoms with Gasteiger partial charge in [-0.15, -0.1) is 0 Å². The zero-order valence-corrected chi connectivity index (χ0v) is 15.6. The molecule has 0 amide bonds. The Bertz CT molecular complexity index is 856. The third-order valence-corrected chi connectivity index (χ3v) is 4.45. The highest BCUT2D eigenvalue weighted by atomic mass is 16.5. The van der Waals surface area contributed by atoms with Crippen LogP contribution in [-0.2, 0) is 13.2 Å². The second kappa shape index (κ2) is 8.43. The molecular weight excluding hydrogens is 322 g/mol. The summed E-state index contributed by atoms with van der Waals surface area (Å²) in [5.74, 6) is 1.54. The van der Waals surface area contributed by atoms with Crippen LogP contribution in [0.1, 0.15) is 22.3 Å². The second-order valence-electron chi connectivity index (χ2n) is 6.38. The minimum absolute atomic E-state index is 0.518. The molecule has 0 spiro atoms. The standard InChI is InChI=1S/C23H25NO2/c1-17-11-13-21(14-12-17)24-15-19-9-6-10-22(25-3)23(19)26-16-20-8-5-4-7-18(20)2/h4-14,24H,15-16H2,1-3H3. The number of hydrogen-bond acceptors (Lipinski definition) is 3. The van der Waals surface area contributed by atoms with E-state index in [1.807, 2.05) is 24.3 Å². The van der Waals surface area contributed by atoms with Crippen LogP contribution in [0, 0.1) is 13.8 Å². The summed E-state index contributed by atoms with van der Waals surface area (Å²) in [7, 11) is 1.67. The molecule has 0 bridgehead atoms. The van der Waals surface area contributed by atoms with Gasteiger partial charge in [0.25, 0.3) is 0 Å². The Morgan fingerprint density at radius 1 is 0.808 bits per heavy atom. The van der Waals surface area contributed by atoms with Crippen molar-refractivity contribution >= 4 is 5.69 Å². The second-order valence-corrected chi connectivity index (χ2v) is 6.38. The number of para-hydroxylation sites is 1. The number of ether oxygens (including phenoxy) is 2. The predicted octanol–water partition coefficient (Wildman–Crippen LogP) is 5.50. The van der Waals surface area contributed by atoms with E-state index in [1.54, 1.807) is 7.11 Å². The summed E-state index contributed by atoms with van der Waals surface area (Å²) in [6, 6.07) is 22.6. The van der Waals surface area contributed by atoms with Gasteiger partial charge >= 0.3 is 0 Å². The van der Waals surface area contributed by atoms with Gasteiger partial charge in [0.05, 0.1) is 7.11 Å². The summed E-state index contributed by atoms with van der Waals surface area (Å²) in [6.07, 6.45) is 0. The maximum absolute atomic E-state index is 6.17. The normalized spacial score (nSPS) is 10.4. The monoisotopic (exact) mass is 347 g/mol. The van der Waals surface area contributed by atoms with E-state index in [0.29, 0.717) is 13.2 Å². The zero-order chi connectivity index (χ0) is 18.4. The minimum Gasteiger partial charge on any atom is -0.493 e. The lowest BCUT2D eigenvalue weighted by Gasteiger charge is -2.17. The Hall–Kier alpha value is -2.94. The van der Waals surface area contributed by atoms with E-state index in [4.69, 9.17) is 9.47 Å². The molecule has 0 atom stereocenters. The Morgan fingerprint density at radius 2 is 1.54 bits per heavy atom. The van der Waals surface area contributed by atoms with Crippen molar-refractivity contribution in [3.05, 3.63) is 89.0 Å². The van der Waals surface area contributed by atoms with Crippen LogP contribution in [0.5, 0.6) is 11.5 Å². The Kier molecular flexibility index (Phi) is 5.80. The largest absolute Gasteiger partial charge is 0.493 e. The van der Waals surface area contributed by atoms with Crippen molar-refractivity contribution in [2.24, 2.45) is 0 Å². The number of hydrogen-bond donors (Lipinski definition) is 1. The molecule has 0 aliphatic heterocycles. The Balaban J connectivity index is 1.77. The summed E-state index contributed by atoms with van der Waals surface area (Å²) in [4.78, 5) is 0. The fourth-order valence-corrected chi connectivity index (χ4v) is 2.82. The van der Waals surface area contributed by atoms with Gasteiger partial charge in [-0.05, 0) is 43.2 Å². The van der Waals surface area contributed by atoms with Crippen LogP contribution in [0.15, 0.2) is 66.7 Å². The van der Waals surface area contributed by atoms with E-state index < -0.39 is 0 Å². The number of methoxy groups -OCH3 is 1. The van der Waals surface area contributed by atoms with Gasteiger partial charge in [-0.1, -0.05) is 54.1 Å². The minimum atomic E-state index is 0.518. The highest BCUT2D eigenvalue weighted by Crippen LogP contribution is 2.32. The first-order chi connectivity index (χ1) is 12.7. The number of rotatable bonds is 7. The van der Waals surface area contributed by atoms with E-state index in [2.05, 4.69) is 61.6 Å². The Labute approximate surface area is 155 Å². The van der Waals surface area contributed by atoms with Crippen LogP contribution in [0.25, 0.3) is 0 Å². The van der Waals surface area contributed by atoms with E-state index in [1.165, 1.54) is 16.7 Å². The molecule has 1 N–H and O–H groups in total. The summed E-state index contributed by atoms with van der Waals surface area (Å²) in [6.45, 7) is 5.37. The fourth-order valence-electron chi connectivity index (χ4n) is 2.82. The Morgan fingerprint density at radius 3 is 2.27 bits per heavy atom. The first-order valence-electron chi connectivity index (χ1n) is 8.81. The molecule has 3 aromatic carbocycles. The molecule has 0 saturated carbocycles. The van der Waals surface area contributed by atoms with Gasteiger partial charge in [0.2, 0.25) is 0 Å². The van der Waals surface area contributed by atoms with Crippen molar-refractivity contribution < 1.29 is 9.47 Å². The smallest absolute Gasteiger partial charge is 0.166 e. The molecule has 0 radical (unpaired) electrons. The maximum atomic E-state index is 6.17. The molecule has 3 nitrogen and oxygen atoms in total. The summed E-state index contributed by atoms with van der Waals surface area (Å²) < 4.78 is 11.7. The van der Waals surface area contributed by atoms with Crippen LogP contribution in [0.4, 0.5) is 5.69 Å². The topological polar surface area (TPSA) is 30.5 Å². The third-order valence-electron chi connectivity index (χ3n) is 4.45. The van der Waals surface area contributed by atoms with Gasteiger partial charge in [0.1, 0.15) is 6.61 Å². The van der Waals surface area contributed by atoms with E-state index in [-0.39, 0.29) is 0 Å². The van der Waals surface area contributed by atoms with Gasteiger partial charge in [-0.3, -0.25) is 0 Å². The average Bonchev–Trinajstić information content (AvgIpc) is 2.67. The van der Waals surface area contributed by atoms with E-state index in [9.17, 15) is 0 Å². The molecule has 0 aliphatic rings. The van der Waals surface area contributed by atoms with Crippen molar-refractivity contribution in [1.29, 1.82) is 0 Å². The van der Waals surface area contributed by atoms with Crippen molar-refractivity contribution in [1.82, 2.24) is 0 Å². The lowest BCUT2D eigenvalue weighted by Crippen LogP contribution is -2.06. The summed E-state index contributed by atoms with van der Waals surface area (Å²) in [5, 5.41) is 3.45. The van der Waals surface area contributed by atoms with Crippen LogP contribution >= 0.6 is 0 Å². The van der Waals surface area contributed by atoms with Gasteiger partial charge in [0, 0.05) is 17.8 Å². The molecule has 0 aliphatic carbocycles. The van der Waals surface area contributed by atoms with Gasteiger partial charge in [-0.25, -0.2) is 0 Å². The molecule has 134 valence electrons. The molecule has 0 heterocycles. The molecule has 0 aromatic heterocycles. The third kappa shape index (κ3) is 4.37. The highest BCUT2D eigenvalue weighted by molar-refractivity contribution is 5.50. The fraction of sp³-hybridized carbons (Fsp3) is 0.217. The van der Waals surface area contributed by atoms with Gasteiger partial charge in [0.15, 0.2) is 11.5 Å². The predicted molar refractivity (Wildman–Crippen MR) is 107 cm³/mol. The molecular formula is C23H25NO2. The van der Waals surface area contributed by atoms with Gasteiger partial charge < -0.3 is 14.8 Å². The lowest BCUT2D eigenvalue weighted by molar-refractivity contribution is 0.281. The van der Waals surface area contributed by atoms with Gasteiger partial charge in [-0.2, -0.15) is 0 Å². The van der Waals surface area contributed by atoms with Crippen molar-refractivity contribution in [2.75, 3.05) is 12.4 Å². The zero-order valence-electron chi connectivity index (χ0n) is 15.6. The van der Waals surface area contributed by atoms with Crippen LogP contribution < -0.4 is 14.8 Å². The number of benzene rings is 3. The highest BCUT2D eigenvalue weighted by Gasteiger charge is 2.11. The molecule has 26 heavy (non-hydrogen) atoms. The van der Waals surface area contributed by atoms with Crippen LogP contribution in [-0.4, -0.2) is 7.11 Å². The molecule has 0 fully saturated rings. The SMILES string of the molecule is COc1cccc(CNc2ccc(C)cc2)c1OCc1ccccc1C. The van der Waals surface area contributed by atoms with E-state index >= 15 is 0 Å². The van der Waals surface area contributed by atoms with Crippen molar-refractivity contribution in [3.63, 3.8) is 0 Å². The van der Waals surface area contributed by atoms with Crippen molar-refractivity contribution in [3.8, 4) is 11.5 Å². The van der Waals surface area contributed by atoms with E-state index in [0.717, 1.165) is 22.7 Å². The number of aryl methyl sites for hydroxylation is 2. The first-order valence-corrected chi connectivity index (χ1v) is 8.81. The number of nitrogens with one attached hydrogen (secondary N) is 1. The molecule has 0 saturated heterocycles. The molecule has 3 rings (SSSR count). The maximum Gasteiger partial charge on any atom is 0.166 e. The lowest BCUT2D eigenvalue weighted by atomic mass is 10.1. The first kappa shape index (κ1) is 17.9. The average molecular weight is 347 g/mol. The summed E-state index contributed by atoms with van der Waals surface area (Å²) in [5.41, 5.74) is 5.80. The molecule has 3 aromatic rings. The van der Waals surface area contributed by atoms with Crippen LogP contribution in [0.3, 0.4) is 0 Å².